The van der Waals surface area contributed by atoms with Crippen LogP contribution >= 0.6 is 11.3 Å². The summed E-state index contributed by atoms with van der Waals surface area (Å²) < 4.78 is 27.2. The predicted molar refractivity (Wildman–Crippen MR) is 75.1 cm³/mol. The second-order valence-corrected chi connectivity index (χ2v) is 7.78. The SMILES string of the molecule is CNC1CCC(NS(=O)(=O)c2sc(=O)[nH]c2C)CC1. The molecule has 0 atom stereocenters. The highest BCUT2D eigenvalue weighted by molar-refractivity contribution is 7.91. The van der Waals surface area contributed by atoms with Crippen LogP contribution in [0.2, 0.25) is 0 Å². The Bertz CT molecular complexity index is 583. The van der Waals surface area contributed by atoms with Crippen molar-refractivity contribution in [3.63, 3.8) is 0 Å². The Labute approximate surface area is 116 Å². The van der Waals surface area contributed by atoms with Gasteiger partial charge in [0.15, 0.2) is 4.21 Å². The first-order valence-corrected chi connectivity index (χ1v) is 8.61. The molecular formula is C11H19N3O3S2. The number of H-pyrrole nitrogens is 1. The minimum absolute atomic E-state index is 0.0359. The van der Waals surface area contributed by atoms with Gasteiger partial charge in [0.05, 0.1) is 0 Å². The number of sulfonamides is 1. The maximum Gasteiger partial charge on any atom is 0.305 e. The third-order valence-electron chi connectivity index (χ3n) is 3.48. The molecule has 1 aliphatic rings. The van der Waals surface area contributed by atoms with Gasteiger partial charge >= 0.3 is 4.87 Å². The molecule has 1 heterocycles. The van der Waals surface area contributed by atoms with E-state index in [4.69, 9.17) is 0 Å². The predicted octanol–water partition coefficient (Wildman–Crippen LogP) is 0.554. The Morgan fingerprint density at radius 1 is 1.21 bits per heavy atom. The van der Waals surface area contributed by atoms with Crippen LogP contribution in [-0.2, 0) is 10.0 Å². The number of aryl methyl sites for hydroxylation is 1. The van der Waals surface area contributed by atoms with Crippen molar-refractivity contribution in [2.45, 2.75) is 48.9 Å². The molecule has 1 aromatic rings. The van der Waals surface area contributed by atoms with Gasteiger partial charge in [-0.2, -0.15) is 0 Å². The van der Waals surface area contributed by atoms with Crippen molar-refractivity contribution in [1.29, 1.82) is 0 Å². The van der Waals surface area contributed by atoms with Crippen LogP contribution in [0.25, 0.3) is 0 Å². The standard InChI is InChI=1S/C11H19N3O3S2/c1-7-10(18-11(15)13-7)19(16,17)14-9-5-3-8(12-2)4-6-9/h8-9,12,14H,3-6H2,1-2H3,(H,13,15). The summed E-state index contributed by atoms with van der Waals surface area (Å²) in [7, 11) is -1.65. The summed E-state index contributed by atoms with van der Waals surface area (Å²) in [6, 6.07) is 0.442. The molecule has 0 radical (unpaired) electrons. The van der Waals surface area contributed by atoms with Gasteiger partial charge in [0, 0.05) is 17.8 Å². The van der Waals surface area contributed by atoms with Gasteiger partial charge in [-0.3, -0.25) is 4.79 Å². The van der Waals surface area contributed by atoms with E-state index >= 15 is 0 Å². The van der Waals surface area contributed by atoms with Gasteiger partial charge in [-0.25, -0.2) is 13.1 Å². The zero-order valence-electron chi connectivity index (χ0n) is 11.0. The highest BCUT2D eigenvalue weighted by Crippen LogP contribution is 2.22. The summed E-state index contributed by atoms with van der Waals surface area (Å²) in [6.45, 7) is 1.60. The molecule has 108 valence electrons. The molecule has 0 aliphatic heterocycles. The van der Waals surface area contributed by atoms with Crippen molar-refractivity contribution in [2.24, 2.45) is 0 Å². The molecule has 0 bridgehead atoms. The lowest BCUT2D eigenvalue weighted by molar-refractivity contribution is 0.343. The quantitative estimate of drug-likeness (QED) is 0.758. The van der Waals surface area contributed by atoms with Gasteiger partial charge in [-0.1, -0.05) is 11.3 Å². The molecule has 0 aromatic carbocycles. The minimum Gasteiger partial charge on any atom is -0.317 e. The highest BCUT2D eigenvalue weighted by atomic mass is 32.2. The zero-order chi connectivity index (χ0) is 14.0. The number of rotatable bonds is 4. The topological polar surface area (TPSA) is 91.1 Å². The summed E-state index contributed by atoms with van der Waals surface area (Å²) in [4.78, 5) is 13.4. The molecular weight excluding hydrogens is 286 g/mol. The molecule has 0 amide bonds. The molecule has 0 unspecified atom stereocenters. The molecule has 19 heavy (non-hydrogen) atoms. The van der Waals surface area contributed by atoms with Gasteiger partial charge in [0.2, 0.25) is 0 Å². The molecule has 1 aromatic heterocycles. The van der Waals surface area contributed by atoms with Gasteiger partial charge in [0.25, 0.3) is 10.0 Å². The third kappa shape index (κ3) is 3.44. The number of hydrogen-bond acceptors (Lipinski definition) is 5. The van der Waals surface area contributed by atoms with Crippen LogP contribution in [0.5, 0.6) is 0 Å². The van der Waals surface area contributed by atoms with E-state index in [0.717, 1.165) is 37.0 Å². The highest BCUT2D eigenvalue weighted by Gasteiger charge is 2.27. The maximum absolute atomic E-state index is 12.2. The summed E-state index contributed by atoms with van der Waals surface area (Å²) in [5.74, 6) is 0. The van der Waals surface area contributed by atoms with Crippen LogP contribution in [0.15, 0.2) is 9.00 Å². The Kier molecular flexibility index (Phi) is 4.44. The third-order valence-corrected chi connectivity index (χ3v) is 6.61. The summed E-state index contributed by atoms with van der Waals surface area (Å²) in [6.07, 6.45) is 3.57. The van der Waals surface area contributed by atoms with E-state index in [1.54, 1.807) is 6.92 Å². The molecule has 1 fully saturated rings. The smallest absolute Gasteiger partial charge is 0.305 e. The van der Waals surface area contributed by atoms with E-state index in [-0.39, 0.29) is 15.1 Å². The molecule has 0 spiro atoms. The molecule has 8 heteroatoms. The molecule has 0 saturated heterocycles. The molecule has 3 N–H and O–H groups in total. The first kappa shape index (κ1) is 14.7. The van der Waals surface area contributed by atoms with Gasteiger partial charge < -0.3 is 10.3 Å². The number of hydrogen-bond donors (Lipinski definition) is 3. The summed E-state index contributed by atoms with van der Waals surface area (Å²) in [5, 5.41) is 3.21. The minimum atomic E-state index is -3.58. The Balaban J connectivity index is 2.06. The van der Waals surface area contributed by atoms with E-state index in [2.05, 4.69) is 15.0 Å². The summed E-state index contributed by atoms with van der Waals surface area (Å²) >= 11 is 0.741. The lowest BCUT2D eigenvalue weighted by Gasteiger charge is -2.28. The van der Waals surface area contributed by atoms with Crippen molar-refractivity contribution in [1.82, 2.24) is 15.0 Å². The second-order valence-electron chi connectivity index (χ2n) is 4.89. The van der Waals surface area contributed by atoms with E-state index in [1.165, 1.54) is 0 Å². The van der Waals surface area contributed by atoms with Crippen molar-refractivity contribution >= 4 is 21.4 Å². The molecule has 6 nitrogen and oxygen atoms in total. The average molecular weight is 305 g/mol. The Morgan fingerprint density at radius 2 is 1.79 bits per heavy atom. The van der Waals surface area contributed by atoms with Gasteiger partial charge in [-0.05, 0) is 39.7 Å². The summed E-state index contributed by atoms with van der Waals surface area (Å²) in [5.41, 5.74) is 0.409. The van der Waals surface area contributed by atoms with Crippen molar-refractivity contribution in [2.75, 3.05) is 7.05 Å². The van der Waals surface area contributed by atoms with Gasteiger partial charge in [0.1, 0.15) is 0 Å². The fourth-order valence-corrected chi connectivity index (χ4v) is 5.04. The van der Waals surface area contributed by atoms with Crippen LogP contribution in [0.4, 0.5) is 0 Å². The second kappa shape index (κ2) is 5.74. The number of aromatic amines is 1. The number of aromatic nitrogens is 1. The number of thiazole rings is 1. The van der Waals surface area contributed by atoms with Crippen LogP contribution in [0.1, 0.15) is 31.4 Å². The van der Waals surface area contributed by atoms with Crippen molar-refractivity contribution < 1.29 is 8.42 Å². The number of nitrogens with one attached hydrogen (secondary N) is 3. The van der Waals surface area contributed by atoms with Crippen LogP contribution in [0.3, 0.4) is 0 Å². The van der Waals surface area contributed by atoms with E-state index in [9.17, 15) is 13.2 Å². The van der Waals surface area contributed by atoms with Crippen LogP contribution in [0, 0.1) is 6.92 Å². The fraction of sp³-hybridized carbons (Fsp3) is 0.727. The van der Waals surface area contributed by atoms with Crippen molar-refractivity contribution in [3.05, 3.63) is 15.4 Å². The van der Waals surface area contributed by atoms with E-state index < -0.39 is 10.0 Å². The van der Waals surface area contributed by atoms with Crippen LogP contribution in [-0.4, -0.2) is 32.5 Å². The first-order valence-electron chi connectivity index (χ1n) is 6.31. The Morgan fingerprint density at radius 3 is 2.26 bits per heavy atom. The van der Waals surface area contributed by atoms with Crippen LogP contribution < -0.4 is 14.9 Å². The monoisotopic (exact) mass is 305 g/mol. The fourth-order valence-electron chi connectivity index (χ4n) is 2.42. The Hall–Kier alpha value is -0.700. The van der Waals surface area contributed by atoms with Gasteiger partial charge in [-0.15, -0.1) is 0 Å². The lowest BCUT2D eigenvalue weighted by Crippen LogP contribution is -2.41. The molecule has 2 rings (SSSR count). The largest absolute Gasteiger partial charge is 0.317 e. The average Bonchev–Trinajstić information content (AvgIpc) is 2.70. The first-order chi connectivity index (χ1) is 8.92. The molecule has 1 aliphatic carbocycles. The zero-order valence-corrected chi connectivity index (χ0v) is 12.7. The normalized spacial score (nSPS) is 24.5. The maximum atomic E-state index is 12.2. The van der Waals surface area contributed by atoms with E-state index in [0.29, 0.717) is 11.7 Å². The van der Waals surface area contributed by atoms with Crippen molar-refractivity contribution in [3.8, 4) is 0 Å². The lowest BCUT2D eigenvalue weighted by atomic mass is 9.92. The van der Waals surface area contributed by atoms with E-state index in [1.807, 2.05) is 7.05 Å². The molecule has 1 saturated carbocycles.